The van der Waals surface area contributed by atoms with E-state index in [1.807, 2.05) is 34.6 Å². The van der Waals surface area contributed by atoms with Crippen molar-refractivity contribution >= 4 is 56.8 Å². The number of amides is 2. The fourth-order valence-corrected chi connectivity index (χ4v) is 5.80. The number of carbonyl (C=O) groups excluding carboxylic acids is 2. The monoisotopic (exact) mass is 694 g/mol. The molecule has 47 heavy (non-hydrogen) atoms. The molecule has 4 N–H and O–H groups in total. The van der Waals surface area contributed by atoms with Crippen LogP contribution in [0, 0.1) is 17.6 Å². The van der Waals surface area contributed by atoms with Gasteiger partial charge in [0.15, 0.2) is 11.6 Å². The summed E-state index contributed by atoms with van der Waals surface area (Å²) in [6.07, 6.45) is 4.38. The second kappa shape index (κ2) is 16.1. The predicted molar refractivity (Wildman–Crippen MR) is 186 cm³/mol. The van der Waals surface area contributed by atoms with Gasteiger partial charge in [0.2, 0.25) is 11.8 Å². The van der Waals surface area contributed by atoms with Gasteiger partial charge in [0, 0.05) is 61.9 Å². The van der Waals surface area contributed by atoms with Crippen molar-refractivity contribution in [3.63, 3.8) is 0 Å². The topological polar surface area (TPSA) is 108 Å². The normalized spacial score (nSPS) is 12.9. The van der Waals surface area contributed by atoms with Crippen LogP contribution in [0.5, 0.6) is 11.5 Å². The minimum Gasteiger partial charge on any atom is -0.492 e. The first-order chi connectivity index (χ1) is 22.0. The van der Waals surface area contributed by atoms with Gasteiger partial charge in [0.05, 0.1) is 17.6 Å². The molecule has 0 aliphatic rings. The van der Waals surface area contributed by atoms with Crippen molar-refractivity contribution in [3.05, 3.63) is 57.3 Å². The summed E-state index contributed by atoms with van der Waals surface area (Å²) in [4.78, 5) is 28.3. The standard InChI is InChI=1S/C19H26ClFN2O2.C16H20ClFN2O2/c1-10(2)13(8-22-11(3)24)14-9-23-18-12(14)7-15(16(20)17(18)21)25-19(4,5)6;1-4-10(7-19-9(3)21)12-8-20-16-11(12)6-13(22-5-2)14(17)15(16)18/h7,9-10,13,23H,8H2,1-6H3,(H,22,24);6,8,10,20H,4-5,7H2,1-3H3,(H,19,21). The largest absolute Gasteiger partial charge is 0.492 e. The Kier molecular flexibility index (Phi) is 13.0. The molecule has 2 heterocycles. The van der Waals surface area contributed by atoms with Crippen LogP contribution < -0.4 is 20.1 Å². The van der Waals surface area contributed by atoms with Crippen molar-refractivity contribution in [2.24, 2.45) is 5.92 Å². The zero-order chi connectivity index (χ0) is 35.2. The molecule has 2 unspecified atom stereocenters. The molecule has 0 aliphatic carbocycles. The molecule has 2 atom stereocenters. The summed E-state index contributed by atoms with van der Waals surface area (Å²) in [5, 5.41) is 7.09. The van der Waals surface area contributed by atoms with Crippen LogP contribution in [-0.2, 0) is 9.59 Å². The van der Waals surface area contributed by atoms with Crippen LogP contribution in [0.25, 0.3) is 21.8 Å². The Morgan fingerprint density at radius 3 is 1.83 bits per heavy atom. The molecule has 0 fully saturated rings. The Bertz CT molecular complexity index is 1710. The molecule has 2 aromatic carbocycles. The lowest BCUT2D eigenvalue weighted by Gasteiger charge is -2.23. The lowest BCUT2D eigenvalue weighted by Crippen LogP contribution is -2.28. The number of halogens is 4. The first-order valence-electron chi connectivity index (χ1n) is 15.8. The number of nitrogens with one attached hydrogen (secondary N) is 4. The van der Waals surface area contributed by atoms with Gasteiger partial charge in [-0.25, -0.2) is 8.78 Å². The highest BCUT2D eigenvalue weighted by molar-refractivity contribution is 6.33. The van der Waals surface area contributed by atoms with Crippen LogP contribution >= 0.6 is 23.2 Å². The third-order valence-corrected chi connectivity index (χ3v) is 8.44. The van der Waals surface area contributed by atoms with E-state index >= 15 is 0 Å². The summed E-state index contributed by atoms with van der Waals surface area (Å²) in [6, 6.07) is 3.54. The van der Waals surface area contributed by atoms with E-state index in [1.54, 1.807) is 24.5 Å². The molecule has 12 heteroatoms. The highest BCUT2D eigenvalue weighted by Crippen LogP contribution is 2.40. The molecule has 0 saturated heterocycles. The van der Waals surface area contributed by atoms with Gasteiger partial charge >= 0.3 is 0 Å². The number of aromatic nitrogens is 2. The van der Waals surface area contributed by atoms with Crippen LogP contribution in [-0.4, -0.2) is 47.1 Å². The highest BCUT2D eigenvalue weighted by Gasteiger charge is 2.25. The van der Waals surface area contributed by atoms with E-state index in [4.69, 9.17) is 32.7 Å². The zero-order valence-corrected chi connectivity index (χ0v) is 30.0. The number of fused-ring (bicyclic) bond motifs is 2. The maximum Gasteiger partial charge on any atom is 0.216 e. The van der Waals surface area contributed by atoms with E-state index in [0.717, 1.165) is 28.3 Å². The summed E-state index contributed by atoms with van der Waals surface area (Å²) in [5.74, 6) is -0.148. The van der Waals surface area contributed by atoms with Crippen LogP contribution in [0.1, 0.15) is 91.7 Å². The average Bonchev–Trinajstić information content (AvgIpc) is 3.59. The quantitative estimate of drug-likeness (QED) is 0.126. The van der Waals surface area contributed by atoms with Gasteiger partial charge in [0.1, 0.15) is 27.1 Å². The van der Waals surface area contributed by atoms with Gasteiger partial charge in [-0.1, -0.05) is 44.0 Å². The molecule has 0 radical (unpaired) electrons. The second-order valence-electron chi connectivity index (χ2n) is 12.8. The van der Waals surface area contributed by atoms with Gasteiger partial charge in [-0.2, -0.15) is 0 Å². The third-order valence-electron chi connectivity index (χ3n) is 7.73. The highest BCUT2D eigenvalue weighted by atomic mass is 35.5. The molecule has 8 nitrogen and oxygen atoms in total. The van der Waals surface area contributed by atoms with Gasteiger partial charge in [-0.05, 0) is 63.3 Å². The molecule has 4 rings (SSSR count). The molecule has 0 aliphatic heterocycles. The van der Waals surface area contributed by atoms with Crippen LogP contribution in [0.4, 0.5) is 8.78 Å². The van der Waals surface area contributed by atoms with E-state index < -0.39 is 17.2 Å². The van der Waals surface area contributed by atoms with Crippen LogP contribution in [0.15, 0.2) is 24.5 Å². The Morgan fingerprint density at radius 1 is 0.851 bits per heavy atom. The lowest BCUT2D eigenvalue weighted by atomic mass is 9.88. The molecule has 0 spiro atoms. The smallest absolute Gasteiger partial charge is 0.216 e. The molecular weight excluding hydrogens is 649 g/mol. The minimum absolute atomic E-state index is 0.0161. The summed E-state index contributed by atoms with van der Waals surface area (Å²) in [6.45, 7) is 18.0. The first-order valence-corrected chi connectivity index (χ1v) is 16.5. The van der Waals surface area contributed by atoms with Crippen molar-refractivity contribution in [2.45, 2.75) is 86.2 Å². The van der Waals surface area contributed by atoms with Crippen molar-refractivity contribution in [3.8, 4) is 11.5 Å². The summed E-state index contributed by atoms with van der Waals surface area (Å²) < 4.78 is 40.3. The zero-order valence-electron chi connectivity index (χ0n) is 28.5. The van der Waals surface area contributed by atoms with E-state index in [9.17, 15) is 18.4 Å². The van der Waals surface area contributed by atoms with Gasteiger partial charge in [0.25, 0.3) is 0 Å². The third kappa shape index (κ3) is 9.32. The Labute approximate surface area is 285 Å². The number of hydrogen-bond donors (Lipinski definition) is 4. The van der Waals surface area contributed by atoms with Gasteiger partial charge < -0.3 is 30.1 Å². The number of ether oxygens (including phenoxy) is 2. The van der Waals surface area contributed by atoms with Crippen molar-refractivity contribution in [1.29, 1.82) is 0 Å². The van der Waals surface area contributed by atoms with Crippen molar-refractivity contribution in [2.75, 3.05) is 19.7 Å². The number of carbonyl (C=O) groups is 2. The van der Waals surface area contributed by atoms with Crippen LogP contribution in [0.2, 0.25) is 10.0 Å². The molecule has 2 amide bonds. The first kappa shape index (κ1) is 38.0. The second-order valence-corrected chi connectivity index (χ2v) is 13.6. The molecule has 4 aromatic rings. The molecule has 0 bridgehead atoms. The van der Waals surface area contributed by atoms with Crippen molar-refractivity contribution in [1.82, 2.24) is 20.6 Å². The summed E-state index contributed by atoms with van der Waals surface area (Å²) >= 11 is 12.2. The van der Waals surface area contributed by atoms with Crippen molar-refractivity contribution < 1.29 is 27.8 Å². The SMILES string of the molecule is CC(=O)NCC(c1c[nH]c2c(F)c(Cl)c(OC(C)(C)C)cc12)C(C)C.CCOc1cc2c(C(CC)CNC(C)=O)c[nH]c2c(F)c1Cl. The fourth-order valence-electron chi connectivity index (χ4n) is 5.41. The average molecular weight is 696 g/mol. The lowest BCUT2D eigenvalue weighted by molar-refractivity contribution is -0.119. The molecule has 258 valence electrons. The fraction of sp³-hybridized carbons (Fsp3) is 0.486. The Morgan fingerprint density at radius 2 is 1.34 bits per heavy atom. The maximum absolute atomic E-state index is 14.7. The minimum atomic E-state index is -0.522. The maximum atomic E-state index is 14.7. The Hall–Kier alpha value is -3.50. The Balaban J connectivity index is 0.000000257. The van der Waals surface area contributed by atoms with Crippen LogP contribution in [0.3, 0.4) is 0 Å². The summed E-state index contributed by atoms with van der Waals surface area (Å²) in [5.41, 5.74) is 2.11. The van der Waals surface area contributed by atoms with E-state index in [-0.39, 0.29) is 39.6 Å². The number of hydrogen-bond acceptors (Lipinski definition) is 4. The molecule has 2 aromatic heterocycles. The number of rotatable bonds is 11. The number of H-pyrrole nitrogens is 2. The molecule has 0 saturated carbocycles. The summed E-state index contributed by atoms with van der Waals surface area (Å²) in [7, 11) is 0. The predicted octanol–water partition coefficient (Wildman–Crippen LogP) is 9.00. The van der Waals surface area contributed by atoms with E-state index in [2.05, 4.69) is 34.4 Å². The number of aromatic amines is 2. The van der Waals surface area contributed by atoms with E-state index in [0.29, 0.717) is 42.2 Å². The van der Waals surface area contributed by atoms with Gasteiger partial charge in [-0.15, -0.1) is 0 Å². The number of benzene rings is 2. The van der Waals surface area contributed by atoms with E-state index in [1.165, 1.54) is 13.8 Å². The molecular formula is C35H46Cl2F2N4O4. The van der Waals surface area contributed by atoms with Gasteiger partial charge in [-0.3, -0.25) is 9.59 Å².